The molecule has 1 aromatic carbocycles. The van der Waals surface area contributed by atoms with Gasteiger partial charge in [0.1, 0.15) is 5.82 Å². The monoisotopic (exact) mass is 271 g/mol. The van der Waals surface area contributed by atoms with E-state index in [1.54, 1.807) is 25.1 Å². The molecule has 0 amide bonds. The maximum Gasteiger partial charge on any atom is 0.175 e. The summed E-state index contributed by atoms with van der Waals surface area (Å²) in [6, 6.07) is 6.20. The van der Waals surface area contributed by atoms with Crippen LogP contribution >= 0.6 is 23.2 Å². The van der Waals surface area contributed by atoms with Crippen molar-refractivity contribution in [3.05, 3.63) is 46.0 Å². The van der Waals surface area contributed by atoms with E-state index < -0.39 is 0 Å². The van der Waals surface area contributed by atoms with Crippen LogP contribution in [0.3, 0.4) is 0 Å². The maximum absolute atomic E-state index is 13.1. The summed E-state index contributed by atoms with van der Waals surface area (Å²) in [5, 5.41) is 10.7. The largest absolute Gasteiger partial charge is 0.353 e. The lowest BCUT2D eigenvalue weighted by molar-refractivity contribution is 0.619. The number of halogens is 3. The standard InChI is InChI=1S/C11H8Cl2FN3/c1-6-4-7(2-3-8(6)14)15-9-5-10(12)16-17-11(9)13/h2-5H,1H3,(H,15,16). The van der Waals surface area contributed by atoms with Gasteiger partial charge in [0.25, 0.3) is 0 Å². The summed E-state index contributed by atoms with van der Waals surface area (Å²) in [5.74, 6) is -0.257. The van der Waals surface area contributed by atoms with Crippen LogP contribution < -0.4 is 5.32 Å². The minimum Gasteiger partial charge on any atom is -0.353 e. The van der Waals surface area contributed by atoms with Crippen LogP contribution in [0.15, 0.2) is 24.3 Å². The molecule has 2 aromatic rings. The zero-order valence-corrected chi connectivity index (χ0v) is 10.3. The van der Waals surface area contributed by atoms with Crippen molar-refractivity contribution in [2.75, 3.05) is 5.32 Å². The van der Waals surface area contributed by atoms with E-state index in [1.165, 1.54) is 6.07 Å². The molecule has 0 spiro atoms. The molecule has 0 saturated heterocycles. The Hall–Kier alpha value is -1.39. The molecule has 0 atom stereocenters. The molecule has 17 heavy (non-hydrogen) atoms. The zero-order valence-electron chi connectivity index (χ0n) is 8.84. The Morgan fingerprint density at radius 1 is 1.18 bits per heavy atom. The lowest BCUT2D eigenvalue weighted by Gasteiger charge is -2.08. The fourth-order valence-electron chi connectivity index (χ4n) is 1.32. The van der Waals surface area contributed by atoms with Crippen LogP contribution in [0, 0.1) is 12.7 Å². The lowest BCUT2D eigenvalue weighted by atomic mass is 10.2. The van der Waals surface area contributed by atoms with Crippen molar-refractivity contribution in [1.29, 1.82) is 0 Å². The maximum atomic E-state index is 13.1. The summed E-state index contributed by atoms with van der Waals surface area (Å²) in [7, 11) is 0. The van der Waals surface area contributed by atoms with Gasteiger partial charge in [-0.25, -0.2) is 4.39 Å². The van der Waals surface area contributed by atoms with Crippen LogP contribution in [0.25, 0.3) is 0 Å². The lowest BCUT2D eigenvalue weighted by Crippen LogP contribution is -1.96. The van der Waals surface area contributed by atoms with Crippen LogP contribution in [-0.4, -0.2) is 10.2 Å². The first-order valence-corrected chi connectivity index (χ1v) is 5.54. The summed E-state index contributed by atoms with van der Waals surface area (Å²) in [6.45, 7) is 1.68. The first-order chi connectivity index (χ1) is 8.06. The molecule has 0 saturated carbocycles. The predicted molar refractivity (Wildman–Crippen MR) is 66.5 cm³/mol. The van der Waals surface area contributed by atoms with Gasteiger partial charge in [-0.05, 0) is 30.7 Å². The number of nitrogens with zero attached hydrogens (tertiary/aromatic N) is 2. The topological polar surface area (TPSA) is 37.8 Å². The Morgan fingerprint density at radius 2 is 1.94 bits per heavy atom. The van der Waals surface area contributed by atoms with E-state index in [1.807, 2.05) is 0 Å². The van der Waals surface area contributed by atoms with Crippen molar-refractivity contribution in [1.82, 2.24) is 10.2 Å². The van der Waals surface area contributed by atoms with Crippen molar-refractivity contribution in [3.8, 4) is 0 Å². The first kappa shape index (κ1) is 12.1. The van der Waals surface area contributed by atoms with Gasteiger partial charge in [0.2, 0.25) is 0 Å². The fourth-order valence-corrected chi connectivity index (χ4v) is 1.61. The van der Waals surface area contributed by atoms with Gasteiger partial charge in [-0.15, -0.1) is 10.2 Å². The third-order valence-electron chi connectivity index (χ3n) is 2.16. The number of hydrogen-bond acceptors (Lipinski definition) is 3. The molecule has 1 N–H and O–H groups in total. The fraction of sp³-hybridized carbons (Fsp3) is 0.0909. The quantitative estimate of drug-likeness (QED) is 0.898. The Bertz CT molecular complexity index is 560. The SMILES string of the molecule is Cc1cc(Nc2cc(Cl)nnc2Cl)ccc1F. The van der Waals surface area contributed by atoms with Gasteiger partial charge in [-0.2, -0.15) is 0 Å². The minimum absolute atomic E-state index is 0.205. The van der Waals surface area contributed by atoms with Crippen molar-refractivity contribution in [3.63, 3.8) is 0 Å². The summed E-state index contributed by atoms with van der Waals surface area (Å²) < 4.78 is 13.1. The van der Waals surface area contributed by atoms with Gasteiger partial charge < -0.3 is 5.32 Å². The van der Waals surface area contributed by atoms with Gasteiger partial charge >= 0.3 is 0 Å². The van der Waals surface area contributed by atoms with Crippen LogP contribution in [0.5, 0.6) is 0 Å². The van der Waals surface area contributed by atoms with E-state index in [0.29, 0.717) is 16.9 Å². The highest BCUT2D eigenvalue weighted by atomic mass is 35.5. The summed E-state index contributed by atoms with van der Waals surface area (Å²) >= 11 is 11.6. The van der Waals surface area contributed by atoms with Crippen molar-refractivity contribution in [2.45, 2.75) is 6.92 Å². The molecule has 0 aliphatic rings. The second-order valence-electron chi connectivity index (χ2n) is 3.46. The third kappa shape index (κ3) is 2.84. The van der Waals surface area contributed by atoms with Gasteiger partial charge in [0.05, 0.1) is 5.69 Å². The van der Waals surface area contributed by atoms with Gasteiger partial charge in [0.15, 0.2) is 10.3 Å². The molecule has 0 aliphatic carbocycles. The smallest absolute Gasteiger partial charge is 0.175 e. The second-order valence-corrected chi connectivity index (χ2v) is 4.21. The summed E-state index contributed by atoms with van der Waals surface area (Å²) in [4.78, 5) is 0. The number of aryl methyl sites for hydroxylation is 1. The van der Waals surface area contributed by atoms with Crippen LogP contribution in [-0.2, 0) is 0 Å². The highest BCUT2D eigenvalue weighted by Crippen LogP contribution is 2.25. The van der Waals surface area contributed by atoms with Gasteiger partial charge in [-0.3, -0.25) is 0 Å². The number of hydrogen-bond donors (Lipinski definition) is 1. The summed E-state index contributed by atoms with van der Waals surface area (Å²) in [6.07, 6.45) is 0. The molecule has 1 aromatic heterocycles. The Morgan fingerprint density at radius 3 is 2.65 bits per heavy atom. The molecule has 88 valence electrons. The van der Waals surface area contributed by atoms with Crippen molar-refractivity contribution >= 4 is 34.6 Å². The van der Waals surface area contributed by atoms with Crippen molar-refractivity contribution in [2.24, 2.45) is 0 Å². The second kappa shape index (κ2) is 4.85. The van der Waals surface area contributed by atoms with E-state index >= 15 is 0 Å². The van der Waals surface area contributed by atoms with E-state index in [2.05, 4.69) is 15.5 Å². The van der Waals surface area contributed by atoms with E-state index in [4.69, 9.17) is 23.2 Å². The molecule has 0 bridgehead atoms. The van der Waals surface area contributed by atoms with Crippen LogP contribution in [0.2, 0.25) is 10.3 Å². The molecule has 0 radical (unpaired) electrons. The number of anilines is 2. The van der Waals surface area contributed by atoms with Gasteiger partial charge in [0, 0.05) is 11.8 Å². The Labute approximate surface area is 108 Å². The van der Waals surface area contributed by atoms with Crippen molar-refractivity contribution < 1.29 is 4.39 Å². The highest BCUT2D eigenvalue weighted by Gasteiger charge is 2.05. The number of benzene rings is 1. The predicted octanol–water partition coefficient (Wildman–Crippen LogP) is 3.97. The minimum atomic E-state index is -0.257. The number of rotatable bonds is 2. The van der Waals surface area contributed by atoms with E-state index in [0.717, 1.165) is 0 Å². The molecule has 0 fully saturated rings. The molecular weight excluding hydrogens is 264 g/mol. The molecule has 3 nitrogen and oxygen atoms in total. The normalized spacial score (nSPS) is 10.4. The van der Waals surface area contributed by atoms with Crippen LogP contribution in [0.4, 0.5) is 15.8 Å². The average molecular weight is 272 g/mol. The summed E-state index contributed by atoms with van der Waals surface area (Å²) in [5.41, 5.74) is 1.77. The van der Waals surface area contributed by atoms with E-state index in [9.17, 15) is 4.39 Å². The third-order valence-corrected chi connectivity index (χ3v) is 2.62. The molecule has 6 heteroatoms. The average Bonchev–Trinajstić information content (AvgIpc) is 2.29. The highest BCUT2D eigenvalue weighted by molar-refractivity contribution is 6.33. The zero-order chi connectivity index (χ0) is 12.4. The molecular formula is C11H8Cl2FN3. The molecule has 1 heterocycles. The number of nitrogens with one attached hydrogen (secondary N) is 1. The molecule has 2 rings (SSSR count). The molecule has 0 unspecified atom stereocenters. The molecule has 0 aliphatic heterocycles. The van der Waals surface area contributed by atoms with E-state index in [-0.39, 0.29) is 16.1 Å². The Balaban J connectivity index is 2.31. The first-order valence-electron chi connectivity index (χ1n) is 4.78. The van der Waals surface area contributed by atoms with Crippen LogP contribution in [0.1, 0.15) is 5.56 Å². The van der Waals surface area contributed by atoms with Gasteiger partial charge in [-0.1, -0.05) is 23.2 Å². The Kier molecular flexibility index (Phi) is 3.45. The number of aromatic nitrogens is 2.